The van der Waals surface area contributed by atoms with Crippen molar-refractivity contribution in [3.05, 3.63) is 35.4 Å². The zero-order valence-corrected chi connectivity index (χ0v) is 20.9. The highest BCUT2D eigenvalue weighted by atomic mass is 16.6. The zero-order valence-electron chi connectivity index (χ0n) is 20.9. The summed E-state index contributed by atoms with van der Waals surface area (Å²) in [7, 11) is 3.57. The fourth-order valence-corrected chi connectivity index (χ4v) is 3.94. The molecule has 180 valence electrons. The van der Waals surface area contributed by atoms with Crippen molar-refractivity contribution in [2.75, 3.05) is 51.7 Å². The van der Waals surface area contributed by atoms with Gasteiger partial charge in [-0.05, 0) is 46.2 Å². The average Bonchev–Trinajstić information content (AvgIpc) is 2.72. The lowest BCUT2D eigenvalue weighted by atomic mass is 10.0. The highest BCUT2D eigenvalue weighted by Gasteiger charge is 2.26. The number of nitrogens with zero attached hydrogens (tertiary/aromatic N) is 4. The van der Waals surface area contributed by atoms with Crippen molar-refractivity contribution >= 4 is 28.7 Å². The number of hydrogen-bond donors (Lipinski definition) is 1. The maximum Gasteiger partial charge on any atom is 0.408 e. The Balaban J connectivity index is 1.86. The molecule has 1 unspecified atom stereocenters. The third-order valence-electron chi connectivity index (χ3n) is 5.79. The minimum atomic E-state index is -0.564. The van der Waals surface area contributed by atoms with Gasteiger partial charge in [0.2, 0.25) is 5.91 Å². The first-order chi connectivity index (χ1) is 15.4. The Kier molecular flexibility index (Phi) is 7.47. The van der Waals surface area contributed by atoms with Crippen molar-refractivity contribution in [2.24, 2.45) is 0 Å². The number of anilines is 1. The van der Waals surface area contributed by atoms with E-state index < -0.39 is 11.7 Å². The number of benzene rings is 1. The molecule has 8 heteroatoms. The van der Waals surface area contributed by atoms with Crippen LogP contribution in [0.1, 0.15) is 44.9 Å². The second-order valence-corrected chi connectivity index (χ2v) is 9.97. The number of nitrogens with one attached hydrogen (secondary N) is 1. The Hall–Kier alpha value is -2.87. The average molecular weight is 456 g/mol. The maximum absolute atomic E-state index is 12.4. The number of likely N-dealkylation sites (N-methyl/N-ethyl adjacent to an activating group) is 1. The van der Waals surface area contributed by atoms with Crippen LogP contribution in [0, 0.1) is 6.92 Å². The van der Waals surface area contributed by atoms with Crippen LogP contribution in [0.5, 0.6) is 0 Å². The van der Waals surface area contributed by atoms with E-state index in [4.69, 9.17) is 9.72 Å². The molecular weight excluding hydrogens is 418 g/mol. The molecule has 1 N–H and O–H groups in total. The third kappa shape index (κ3) is 6.35. The highest BCUT2D eigenvalue weighted by molar-refractivity contribution is 5.85. The Morgan fingerprint density at radius 2 is 1.85 bits per heavy atom. The van der Waals surface area contributed by atoms with E-state index in [-0.39, 0.29) is 11.9 Å². The van der Waals surface area contributed by atoms with E-state index in [9.17, 15) is 9.59 Å². The van der Waals surface area contributed by atoms with Gasteiger partial charge in [0.25, 0.3) is 0 Å². The van der Waals surface area contributed by atoms with Crippen molar-refractivity contribution in [1.29, 1.82) is 0 Å². The normalized spacial score (nSPS) is 15.9. The minimum absolute atomic E-state index is 0.110. The molecule has 2 heterocycles. The van der Waals surface area contributed by atoms with E-state index in [0.29, 0.717) is 6.54 Å². The molecule has 0 saturated carbocycles. The molecule has 2 aromatic rings. The number of rotatable bonds is 5. The van der Waals surface area contributed by atoms with Gasteiger partial charge in [0.1, 0.15) is 11.4 Å². The number of hydrogen-bond acceptors (Lipinski definition) is 6. The Morgan fingerprint density at radius 3 is 2.45 bits per heavy atom. The monoisotopic (exact) mass is 455 g/mol. The maximum atomic E-state index is 12.4. The first-order valence-electron chi connectivity index (χ1n) is 11.5. The molecule has 1 saturated heterocycles. The summed E-state index contributed by atoms with van der Waals surface area (Å²) in [6.45, 7) is 13.1. The van der Waals surface area contributed by atoms with Crippen LogP contribution in [0.2, 0.25) is 0 Å². The van der Waals surface area contributed by atoms with Gasteiger partial charge >= 0.3 is 6.09 Å². The molecule has 1 fully saturated rings. The smallest absolute Gasteiger partial charge is 0.408 e. The van der Waals surface area contributed by atoms with Crippen molar-refractivity contribution in [2.45, 2.75) is 46.3 Å². The van der Waals surface area contributed by atoms with E-state index in [1.165, 1.54) is 0 Å². The summed E-state index contributed by atoms with van der Waals surface area (Å²) in [6.07, 6.45) is -0.447. The molecule has 1 atom stereocenters. The number of piperazine rings is 1. The van der Waals surface area contributed by atoms with Gasteiger partial charge in [0.15, 0.2) is 0 Å². The van der Waals surface area contributed by atoms with Gasteiger partial charge in [-0.1, -0.05) is 18.2 Å². The van der Waals surface area contributed by atoms with E-state index in [1.54, 1.807) is 19.0 Å². The molecule has 1 aromatic heterocycles. The number of pyridine rings is 1. The van der Waals surface area contributed by atoms with Crippen LogP contribution in [0.15, 0.2) is 24.3 Å². The molecule has 33 heavy (non-hydrogen) atoms. The molecular formula is C25H37N5O3. The van der Waals surface area contributed by atoms with Gasteiger partial charge in [0.05, 0.1) is 18.1 Å². The first-order valence-corrected chi connectivity index (χ1v) is 11.5. The molecule has 1 aliphatic rings. The highest BCUT2D eigenvalue weighted by Crippen LogP contribution is 2.31. The number of carbonyl (C=O) groups is 2. The molecule has 3 rings (SSSR count). The van der Waals surface area contributed by atoms with Gasteiger partial charge in [-0.3, -0.25) is 9.69 Å². The van der Waals surface area contributed by atoms with Crippen molar-refractivity contribution in [3.63, 3.8) is 0 Å². The Bertz CT molecular complexity index is 1010. The summed E-state index contributed by atoms with van der Waals surface area (Å²) >= 11 is 0. The van der Waals surface area contributed by atoms with Gasteiger partial charge in [0, 0.05) is 51.2 Å². The lowest BCUT2D eigenvalue weighted by Gasteiger charge is -2.37. The largest absolute Gasteiger partial charge is 0.444 e. The summed E-state index contributed by atoms with van der Waals surface area (Å²) in [4.78, 5) is 35.6. The lowest BCUT2D eigenvalue weighted by Crippen LogP contribution is -2.50. The molecule has 0 aliphatic carbocycles. The number of aromatic nitrogens is 1. The number of fused-ring (bicyclic) bond motifs is 1. The fourth-order valence-electron chi connectivity index (χ4n) is 3.94. The van der Waals surface area contributed by atoms with Crippen molar-refractivity contribution in [1.82, 2.24) is 20.1 Å². The van der Waals surface area contributed by atoms with Crippen LogP contribution in [0.3, 0.4) is 0 Å². The SMILES string of the molecule is Cc1cccc2cc(C(C)NC(=O)OC(C)(C)C)c(N3CCN(CC(=O)N(C)C)CC3)nc12. The summed E-state index contributed by atoms with van der Waals surface area (Å²) < 4.78 is 5.47. The third-order valence-corrected chi connectivity index (χ3v) is 5.79. The number of aryl methyl sites for hydroxylation is 1. The van der Waals surface area contributed by atoms with Crippen molar-refractivity contribution in [3.8, 4) is 0 Å². The van der Waals surface area contributed by atoms with Crippen LogP contribution in [0.25, 0.3) is 10.9 Å². The minimum Gasteiger partial charge on any atom is -0.444 e. The fraction of sp³-hybridized carbons (Fsp3) is 0.560. The number of ether oxygens (including phenoxy) is 1. The summed E-state index contributed by atoms with van der Waals surface area (Å²) in [6, 6.07) is 7.98. The van der Waals surface area contributed by atoms with Crippen molar-refractivity contribution < 1.29 is 14.3 Å². The number of carbonyl (C=O) groups excluding carboxylic acids is 2. The summed E-state index contributed by atoms with van der Waals surface area (Å²) in [5.41, 5.74) is 2.47. The van der Waals surface area contributed by atoms with Crippen LogP contribution in [0.4, 0.5) is 10.6 Å². The lowest BCUT2D eigenvalue weighted by molar-refractivity contribution is -0.129. The zero-order chi connectivity index (χ0) is 24.3. The molecule has 0 radical (unpaired) electrons. The Labute approximate surface area is 196 Å². The molecule has 0 bridgehead atoms. The Morgan fingerprint density at radius 1 is 1.18 bits per heavy atom. The number of amides is 2. The van der Waals surface area contributed by atoms with Crippen LogP contribution >= 0.6 is 0 Å². The number of alkyl carbamates (subject to hydrolysis) is 1. The second-order valence-electron chi connectivity index (χ2n) is 9.97. The number of para-hydroxylation sites is 1. The molecule has 2 amide bonds. The molecule has 0 spiro atoms. The molecule has 1 aromatic carbocycles. The second kappa shape index (κ2) is 9.95. The summed E-state index contributed by atoms with van der Waals surface area (Å²) in [5, 5.41) is 4.01. The van der Waals surface area contributed by atoms with Gasteiger partial charge in [-0.2, -0.15) is 0 Å². The van der Waals surface area contributed by atoms with Crippen LogP contribution < -0.4 is 10.2 Å². The molecule has 1 aliphatic heterocycles. The predicted molar refractivity (Wildman–Crippen MR) is 132 cm³/mol. The quantitative estimate of drug-likeness (QED) is 0.745. The predicted octanol–water partition coefficient (Wildman–Crippen LogP) is 3.34. The van der Waals surface area contributed by atoms with Crippen LogP contribution in [-0.4, -0.2) is 79.2 Å². The summed E-state index contributed by atoms with van der Waals surface area (Å²) in [5.74, 6) is 0.984. The van der Waals surface area contributed by atoms with E-state index in [1.807, 2.05) is 39.8 Å². The molecule has 8 nitrogen and oxygen atoms in total. The van der Waals surface area contributed by atoms with E-state index >= 15 is 0 Å². The topological polar surface area (TPSA) is 78.0 Å². The van der Waals surface area contributed by atoms with Crippen LogP contribution in [-0.2, 0) is 9.53 Å². The first kappa shape index (κ1) is 24.8. The van der Waals surface area contributed by atoms with Gasteiger partial charge in [-0.15, -0.1) is 0 Å². The van der Waals surface area contributed by atoms with Gasteiger partial charge < -0.3 is 19.9 Å². The van der Waals surface area contributed by atoms with E-state index in [0.717, 1.165) is 54.0 Å². The van der Waals surface area contributed by atoms with E-state index in [2.05, 4.69) is 34.2 Å². The van der Waals surface area contributed by atoms with Gasteiger partial charge in [-0.25, -0.2) is 9.78 Å². The standard InChI is InChI=1S/C25H37N5O3/c1-17-9-8-10-19-15-20(18(2)26-24(32)33-25(3,4)5)23(27-22(17)19)30-13-11-29(12-14-30)16-21(31)28(6)7/h8-10,15,18H,11-14,16H2,1-7H3,(H,26,32).